The molecular weight excluding hydrogens is 408 g/mol. The van der Waals surface area contributed by atoms with Crippen molar-refractivity contribution in [2.24, 2.45) is 0 Å². The van der Waals surface area contributed by atoms with E-state index >= 15 is 0 Å². The van der Waals surface area contributed by atoms with Crippen molar-refractivity contribution in [3.63, 3.8) is 0 Å². The molecule has 0 aliphatic heterocycles. The van der Waals surface area contributed by atoms with Gasteiger partial charge in [0.25, 0.3) is 0 Å². The van der Waals surface area contributed by atoms with E-state index in [1.54, 1.807) is 0 Å². The molecule has 0 aliphatic rings. The molecule has 6 nitrogen and oxygen atoms in total. The molecule has 1 aromatic heterocycles. The van der Waals surface area contributed by atoms with Gasteiger partial charge in [-0.15, -0.1) is 0 Å². The number of hydrogen-bond donors (Lipinski definition) is 2. The minimum Gasteiger partial charge on any atom is -0.349 e. The maximum Gasteiger partial charge on any atom is 0.244 e. The molecule has 0 saturated carbocycles. The third kappa shape index (κ3) is 4.95. The van der Waals surface area contributed by atoms with Crippen molar-refractivity contribution in [2.75, 3.05) is 5.32 Å². The number of rotatable bonds is 7. The first kappa shape index (κ1) is 19.1. The number of carbonyl (C=O) groups is 2. The highest BCUT2D eigenvalue weighted by Crippen LogP contribution is 2.17. The molecule has 0 atom stereocenters. The van der Waals surface area contributed by atoms with Gasteiger partial charge in [-0.3, -0.25) is 9.59 Å². The normalized spacial score (nSPS) is 10.7. The van der Waals surface area contributed by atoms with Gasteiger partial charge in [0.05, 0.1) is 17.6 Å². The molecule has 3 aromatic rings. The largest absolute Gasteiger partial charge is 0.349 e. The Bertz CT molecular complexity index is 950. The number of benzene rings is 2. The number of nitrogens with zero attached hydrogens (tertiary/aromatic N) is 2. The van der Waals surface area contributed by atoms with Crippen LogP contribution in [0.3, 0.4) is 0 Å². The number of nitrogens with one attached hydrogen (secondary N) is 2. The van der Waals surface area contributed by atoms with Crippen LogP contribution in [0.5, 0.6) is 0 Å². The lowest BCUT2D eigenvalue weighted by atomic mass is 10.3. The molecule has 2 N–H and O–H groups in total. The second-order valence-corrected chi connectivity index (χ2v) is 7.10. The van der Waals surface area contributed by atoms with Crippen LogP contribution in [0.15, 0.2) is 53.0 Å². The maximum absolute atomic E-state index is 12.5. The zero-order chi connectivity index (χ0) is 19.2. The number of amides is 2. The summed E-state index contributed by atoms with van der Waals surface area (Å²) in [5.41, 5.74) is 2.39. The van der Waals surface area contributed by atoms with Crippen LogP contribution in [0, 0.1) is 0 Å². The zero-order valence-electron chi connectivity index (χ0n) is 15.0. The highest BCUT2D eigenvalue weighted by Gasteiger charge is 2.14. The van der Waals surface area contributed by atoms with Crippen LogP contribution >= 0.6 is 15.9 Å². The summed E-state index contributed by atoms with van der Waals surface area (Å²) in [5.74, 6) is 0.489. The average molecular weight is 429 g/mol. The van der Waals surface area contributed by atoms with Gasteiger partial charge in [-0.25, -0.2) is 4.98 Å². The summed E-state index contributed by atoms with van der Waals surface area (Å²) in [6.07, 6.45) is 1.27. The van der Waals surface area contributed by atoms with Gasteiger partial charge in [0.2, 0.25) is 11.8 Å². The van der Waals surface area contributed by atoms with Crippen LogP contribution in [0.4, 0.5) is 5.69 Å². The Morgan fingerprint density at radius 2 is 1.81 bits per heavy atom. The van der Waals surface area contributed by atoms with E-state index in [-0.39, 0.29) is 18.4 Å². The van der Waals surface area contributed by atoms with Gasteiger partial charge in [0.1, 0.15) is 12.4 Å². The number of para-hydroxylation sites is 2. The summed E-state index contributed by atoms with van der Waals surface area (Å²) in [6, 6.07) is 15.0. The summed E-state index contributed by atoms with van der Waals surface area (Å²) in [4.78, 5) is 28.9. The Morgan fingerprint density at radius 3 is 2.56 bits per heavy atom. The number of aromatic nitrogens is 2. The van der Waals surface area contributed by atoms with Crippen molar-refractivity contribution in [3.8, 4) is 0 Å². The Morgan fingerprint density at radius 1 is 1.07 bits per heavy atom. The lowest BCUT2D eigenvalue weighted by molar-refractivity contribution is -0.121. The minimum atomic E-state index is -0.151. The highest BCUT2D eigenvalue weighted by atomic mass is 79.9. The highest BCUT2D eigenvalue weighted by molar-refractivity contribution is 9.10. The predicted octanol–water partition coefficient (Wildman–Crippen LogP) is 3.85. The summed E-state index contributed by atoms with van der Waals surface area (Å²) in [7, 11) is 0. The smallest absolute Gasteiger partial charge is 0.244 e. The molecule has 0 radical (unpaired) electrons. The van der Waals surface area contributed by atoms with Gasteiger partial charge in [0, 0.05) is 16.6 Å². The second-order valence-electron chi connectivity index (χ2n) is 6.18. The number of imidazole rings is 1. The fourth-order valence-electron chi connectivity index (χ4n) is 2.81. The average Bonchev–Trinajstić information content (AvgIpc) is 3.00. The van der Waals surface area contributed by atoms with Crippen molar-refractivity contribution < 1.29 is 9.59 Å². The standard InChI is InChI=1S/C20H21BrN4O2/c1-2-5-19(26)22-12-18-24-16-6-3-4-7-17(16)25(18)13-20(27)23-15-10-8-14(21)9-11-15/h3-4,6-11H,2,5,12-13H2,1H3,(H,22,26)(H,23,27). The van der Waals surface area contributed by atoms with E-state index in [2.05, 4.69) is 31.5 Å². The van der Waals surface area contributed by atoms with E-state index in [4.69, 9.17) is 0 Å². The molecule has 140 valence electrons. The van der Waals surface area contributed by atoms with E-state index in [0.29, 0.717) is 18.8 Å². The van der Waals surface area contributed by atoms with Crippen molar-refractivity contribution in [3.05, 3.63) is 58.8 Å². The van der Waals surface area contributed by atoms with Crippen LogP contribution < -0.4 is 10.6 Å². The first-order valence-corrected chi connectivity index (χ1v) is 9.62. The monoisotopic (exact) mass is 428 g/mol. The molecule has 0 saturated heterocycles. The summed E-state index contributed by atoms with van der Waals surface area (Å²) < 4.78 is 2.79. The van der Waals surface area contributed by atoms with Crippen LogP contribution in [-0.2, 0) is 22.7 Å². The molecule has 0 fully saturated rings. The number of anilines is 1. The quantitative estimate of drug-likeness (QED) is 0.599. The molecule has 7 heteroatoms. The Labute approximate surface area is 166 Å². The molecule has 0 unspecified atom stereocenters. The summed E-state index contributed by atoms with van der Waals surface area (Å²) in [6.45, 7) is 2.37. The molecular formula is C20H21BrN4O2. The van der Waals surface area contributed by atoms with Gasteiger partial charge in [-0.05, 0) is 42.8 Å². The lowest BCUT2D eigenvalue weighted by Gasteiger charge is -2.11. The second kappa shape index (κ2) is 8.81. The first-order chi connectivity index (χ1) is 13.1. The lowest BCUT2D eigenvalue weighted by Crippen LogP contribution is -2.26. The van der Waals surface area contributed by atoms with E-state index in [0.717, 1.165) is 27.6 Å². The predicted molar refractivity (Wildman–Crippen MR) is 109 cm³/mol. The Hall–Kier alpha value is -2.67. The van der Waals surface area contributed by atoms with Crippen LogP contribution in [0.25, 0.3) is 11.0 Å². The van der Waals surface area contributed by atoms with Gasteiger partial charge in [-0.1, -0.05) is 35.0 Å². The fraction of sp³-hybridized carbons (Fsp3) is 0.250. The van der Waals surface area contributed by atoms with Gasteiger partial charge in [0.15, 0.2) is 0 Å². The van der Waals surface area contributed by atoms with Gasteiger partial charge < -0.3 is 15.2 Å². The third-order valence-corrected chi connectivity index (χ3v) is 4.61. The number of halogens is 1. The third-order valence-electron chi connectivity index (χ3n) is 4.08. The van der Waals surface area contributed by atoms with Crippen LogP contribution in [0.1, 0.15) is 25.6 Å². The van der Waals surface area contributed by atoms with Crippen LogP contribution in [0.2, 0.25) is 0 Å². The molecule has 1 heterocycles. The van der Waals surface area contributed by atoms with Gasteiger partial charge in [-0.2, -0.15) is 0 Å². The van der Waals surface area contributed by atoms with Crippen molar-refractivity contribution in [1.29, 1.82) is 0 Å². The zero-order valence-corrected chi connectivity index (χ0v) is 16.6. The topological polar surface area (TPSA) is 76.0 Å². The SMILES string of the molecule is CCCC(=O)NCc1nc2ccccc2n1CC(=O)Nc1ccc(Br)cc1. The van der Waals surface area contributed by atoms with E-state index in [1.807, 2.05) is 60.0 Å². The maximum atomic E-state index is 12.5. The fourth-order valence-corrected chi connectivity index (χ4v) is 3.07. The molecule has 27 heavy (non-hydrogen) atoms. The van der Waals surface area contributed by atoms with Crippen molar-refractivity contribution >= 4 is 44.5 Å². The van der Waals surface area contributed by atoms with Crippen LogP contribution in [-0.4, -0.2) is 21.4 Å². The van der Waals surface area contributed by atoms with E-state index in [9.17, 15) is 9.59 Å². The Balaban J connectivity index is 1.78. The first-order valence-electron chi connectivity index (χ1n) is 8.83. The van der Waals surface area contributed by atoms with E-state index in [1.165, 1.54) is 0 Å². The molecule has 3 rings (SSSR count). The Kier molecular flexibility index (Phi) is 6.24. The molecule has 0 bridgehead atoms. The minimum absolute atomic E-state index is 0.0181. The van der Waals surface area contributed by atoms with E-state index < -0.39 is 0 Å². The summed E-state index contributed by atoms with van der Waals surface area (Å²) >= 11 is 3.38. The molecule has 0 spiro atoms. The van der Waals surface area contributed by atoms with Gasteiger partial charge >= 0.3 is 0 Å². The number of hydrogen-bond acceptors (Lipinski definition) is 3. The molecule has 0 aliphatic carbocycles. The number of carbonyl (C=O) groups excluding carboxylic acids is 2. The number of fused-ring (bicyclic) bond motifs is 1. The molecule has 2 aromatic carbocycles. The van der Waals surface area contributed by atoms with Crippen molar-refractivity contribution in [1.82, 2.24) is 14.9 Å². The summed E-state index contributed by atoms with van der Waals surface area (Å²) in [5, 5.41) is 5.76. The van der Waals surface area contributed by atoms with Crippen molar-refractivity contribution in [2.45, 2.75) is 32.9 Å². The molecule has 2 amide bonds.